The van der Waals surface area contributed by atoms with Gasteiger partial charge in [-0.05, 0) is 19.9 Å². The van der Waals surface area contributed by atoms with Gasteiger partial charge in [0.15, 0.2) is 0 Å². The number of aryl methyl sites for hydroxylation is 2. The number of hydrogen-bond acceptors (Lipinski definition) is 3. The van der Waals surface area contributed by atoms with Gasteiger partial charge in [-0.2, -0.15) is 5.26 Å². The standard InChI is InChI=1S/C8H8N2S/c1-6-7(2)11-8(10-6)4-3-5-9/h3-4H,1-2H3. The predicted octanol–water partition coefficient (Wildman–Crippen LogP) is 2.30. The Morgan fingerprint density at radius 3 is 2.73 bits per heavy atom. The molecule has 2 nitrogen and oxygen atoms in total. The van der Waals surface area contributed by atoms with E-state index in [2.05, 4.69) is 4.98 Å². The van der Waals surface area contributed by atoms with Crippen LogP contribution in [0.5, 0.6) is 0 Å². The third-order valence-corrected chi connectivity index (χ3v) is 2.38. The molecule has 1 aromatic heterocycles. The topological polar surface area (TPSA) is 36.7 Å². The fourth-order valence-corrected chi connectivity index (χ4v) is 1.50. The Balaban J connectivity index is 2.91. The van der Waals surface area contributed by atoms with Gasteiger partial charge in [0, 0.05) is 11.0 Å². The molecule has 0 atom stereocenters. The summed E-state index contributed by atoms with van der Waals surface area (Å²) < 4.78 is 0. The number of allylic oxidation sites excluding steroid dienone is 1. The highest BCUT2D eigenvalue weighted by atomic mass is 32.1. The van der Waals surface area contributed by atoms with Crippen LogP contribution in [0.4, 0.5) is 0 Å². The fraction of sp³-hybridized carbons (Fsp3) is 0.250. The molecule has 0 aliphatic heterocycles. The van der Waals surface area contributed by atoms with Crippen molar-refractivity contribution >= 4 is 17.4 Å². The average molecular weight is 164 g/mol. The van der Waals surface area contributed by atoms with Crippen LogP contribution in [0.25, 0.3) is 6.08 Å². The number of thiazole rings is 1. The Bertz CT molecular complexity index is 298. The summed E-state index contributed by atoms with van der Waals surface area (Å²) in [6.07, 6.45) is 3.17. The van der Waals surface area contributed by atoms with Gasteiger partial charge >= 0.3 is 0 Å². The maximum atomic E-state index is 8.24. The maximum absolute atomic E-state index is 8.24. The van der Waals surface area contributed by atoms with Gasteiger partial charge in [0.05, 0.1) is 11.8 Å². The van der Waals surface area contributed by atoms with Gasteiger partial charge in [-0.15, -0.1) is 11.3 Å². The second-order valence-electron chi connectivity index (χ2n) is 2.16. The molecule has 1 rings (SSSR count). The zero-order valence-corrected chi connectivity index (χ0v) is 7.27. The van der Waals surface area contributed by atoms with Gasteiger partial charge in [0.2, 0.25) is 0 Å². The zero-order valence-electron chi connectivity index (χ0n) is 6.46. The highest BCUT2D eigenvalue weighted by Gasteiger charge is 1.98. The molecule has 0 amide bonds. The van der Waals surface area contributed by atoms with Crippen LogP contribution in [0.2, 0.25) is 0 Å². The van der Waals surface area contributed by atoms with Crippen LogP contribution in [0, 0.1) is 25.2 Å². The van der Waals surface area contributed by atoms with E-state index in [0.29, 0.717) is 0 Å². The van der Waals surface area contributed by atoms with Crippen LogP contribution in [0.3, 0.4) is 0 Å². The molecule has 56 valence electrons. The first-order valence-electron chi connectivity index (χ1n) is 3.24. The van der Waals surface area contributed by atoms with Gasteiger partial charge in [0.25, 0.3) is 0 Å². The van der Waals surface area contributed by atoms with E-state index in [-0.39, 0.29) is 0 Å². The van der Waals surface area contributed by atoms with Crippen molar-refractivity contribution in [3.63, 3.8) is 0 Å². The van der Waals surface area contributed by atoms with Crippen molar-refractivity contribution in [2.45, 2.75) is 13.8 Å². The SMILES string of the molecule is Cc1nc(C=CC#N)sc1C. The van der Waals surface area contributed by atoms with Crippen LogP contribution >= 0.6 is 11.3 Å². The number of aromatic nitrogens is 1. The molecule has 0 bridgehead atoms. The highest BCUT2D eigenvalue weighted by molar-refractivity contribution is 7.12. The van der Waals surface area contributed by atoms with Gasteiger partial charge < -0.3 is 0 Å². The molecule has 0 aliphatic carbocycles. The van der Waals surface area contributed by atoms with Crippen molar-refractivity contribution in [2.75, 3.05) is 0 Å². The molecule has 1 heterocycles. The van der Waals surface area contributed by atoms with E-state index in [1.54, 1.807) is 17.4 Å². The van der Waals surface area contributed by atoms with E-state index in [9.17, 15) is 0 Å². The van der Waals surface area contributed by atoms with Crippen LogP contribution < -0.4 is 0 Å². The summed E-state index contributed by atoms with van der Waals surface area (Å²) >= 11 is 1.61. The van der Waals surface area contributed by atoms with E-state index in [0.717, 1.165) is 10.7 Å². The van der Waals surface area contributed by atoms with E-state index in [1.807, 2.05) is 19.9 Å². The largest absolute Gasteiger partial charge is 0.242 e. The van der Waals surface area contributed by atoms with Crippen molar-refractivity contribution in [3.05, 3.63) is 21.7 Å². The third kappa shape index (κ3) is 1.89. The minimum atomic E-state index is 0.904. The molecular formula is C8H8N2S. The molecule has 0 unspecified atom stereocenters. The molecule has 0 saturated heterocycles. The summed E-state index contributed by atoms with van der Waals surface area (Å²) in [5.74, 6) is 0. The van der Waals surface area contributed by atoms with Crippen LogP contribution in [0.15, 0.2) is 6.08 Å². The number of rotatable bonds is 1. The normalized spacial score (nSPS) is 10.3. The summed E-state index contributed by atoms with van der Waals surface area (Å²) in [6, 6.07) is 1.93. The average Bonchev–Trinajstić information content (AvgIpc) is 2.28. The van der Waals surface area contributed by atoms with E-state index >= 15 is 0 Å². The fourth-order valence-electron chi connectivity index (χ4n) is 0.677. The first kappa shape index (κ1) is 7.96. The minimum Gasteiger partial charge on any atom is -0.242 e. The molecule has 0 saturated carbocycles. The third-order valence-electron chi connectivity index (χ3n) is 1.35. The van der Waals surface area contributed by atoms with Gasteiger partial charge in [-0.1, -0.05) is 0 Å². The Labute approximate surface area is 69.8 Å². The first-order chi connectivity index (χ1) is 5.24. The Morgan fingerprint density at radius 2 is 2.27 bits per heavy atom. The summed E-state index contributed by atoms with van der Waals surface area (Å²) in [4.78, 5) is 5.44. The van der Waals surface area contributed by atoms with Crippen LogP contribution in [-0.4, -0.2) is 4.98 Å². The summed E-state index contributed by atoms with van der Waals surface area (Å²) in [6.45, 7) is 3.99. The van der Waals surface area contributed by atoms with Crippen molar-refractivity contribution in [1.29, 1.82) is 5.26 Å². The second-order valence-corrected chi connectivity index (χ2v) is 3.39. The molecular weight excluding hydrogens is 156 g/mol. The summed E-state index contributed by atoms with van der Waals surface area (Å²) in [7, 11) is 0. The first-order valence-corrected chi connectivity index (χ1v) is 4.06. The minimum absolute atomic E-state index is 0.904. The molecule has 11 heavy (non-hydrogen) atoms. The van der Waals surface area contributed by atoms with Gasteiger partial charge in [0.1, 0.15) is 5.01 Å². The Morgan fingerprint density at radius 1 is 1.55 bits per heavy atom. The van der Waals surface area contributed by atoms with Crippen molar-refractivity contribution < 1.29 is 0 Å². The molecule has 0 radical (unpaired) electrons. The summed E-state index contributed by atoms with van der Waals surface area (Å²) in [5, 5.41) is 9.15. The monoisotopic (exact) mass is 164 g/mol. The molecule has 1 aromatic rings. The quantitative estimate of drug-likeness (QED) is 0.597. The number of hydrogen-bond donors (Lipinski definition) is 0. The molecule has 3 heteroatoms. The lowest BCUT2D eigenvalue weighted by molar-refractivity contribution is 1.22. The molecule has 0 aromatic carbocycles. The van der Waals surface area contributed by atoms with E-state index < -0.39 is 0 Å². The van der Waals surface area contributed by atoms with Gasteiger partial charge in [-0.3, -0.25) is 0 Å². The van der Waals surface area contributed by atoms with Gasteiger partial charge in [-0.25, -0.2) is 4.98 Å². The Kier molecular flexibility index (Phi) is 2.40. The Hall–Kier alpha value is -1.14. The second kappa shape index (κ2) is 3.31. The summed E-state index contributed by atoms with van der Waals surface area (Å²) in [5.41, 5.74) is 1.05. The van der Waals surface area contributed by atoms with E-state index in [4.69, 9.17) is 5.26 Å². The zero-order chi connectivity index (χ0) is 8.27. The smallest absolute Gasteiger partial charge is 0.117 e. The number of nitriles is 1. The lowest BCUT2D eigenvalue weighted by Gasteiger charge is -1.77. The van der Waals surface area contributed by atoms with Crippen molar-refractivity contribution in [3.8, 4) is 6.07 Å². The van der Waals surface area contributed by atoms with Crippen molar-refractivity contribution in [1.82, 2.24) is 4.98 Å². The molecule has 0 aliphatic rings. The molecule has 0 fully saturated rings. The van der Waals surface area contributed by atoms with Crippen molar-refractivity contribution in [2.24, 2.45) is 0 Å². The molecule has 0 spiro atoms. The predicted molar refractivity (Wildman–Crippen MR) is 46.2 cm³/mol. The molecule has 0 N–H and O–H groups in total. The lowest BCUT2D eigenvalue weighted by Crippen LogP contribution is -1.72. The highest BCUT2D eigenvalue weighted by Crippen LogP contribution is 2.17. The van der Waals surface area contributed by atoms with Crippen LogP contribution in [0.1, 0.15) is 15.6 Å². The van der Waals surface area contributed by atoms with E-state index in [1.165, 1.54) is 11.0 Å². The van der Waals surface area contributed by atoms with Crippen LogP contribution in [-0.2, 0) is 0 Å². The number of nitrogens with zero attached hydrogens (tertiary/aromatic N) is 2. The maximum Gasteiger partial charge on any atom is 0.117 e. The lowest BCUT2D eigenvalue weighted by atomic mass is 10.4.